The number of nitrogen functional groups attached to an aromatic ring is 1. The molecule has 0 bridgehead atoms. The lowest BCUT2D eigenvalue weighted by atomic mass is 9.86. The monoisotopic (exact) mass is 314 g/mol. The number of hydrogen-bond acceptors (Lipinski definition) is 2. The van der Waals surface area contributed by atoms with Crippen molar-refractivity contribution in [1.82, 2.24) is 4.90 Å². The molecule has 2 rings (SSSR count). The molecule has 0 heterocycles. The van der Waals surface area contributed by atoms with Crippen LogP contribution in [0.1, 0.15) is 43.0 Å². The number of carbonyl (C=O) groups excluding carboxylic acids is 1. The Balaban J connectivity index is 2.14. The van der Waals surface area contributed by atoms with Crippen molar-refractivity contribution >= 4 is 34.8 Å². The van der Waals surface area contributed by atoms with Crippen LogP contribution in [0.5, 0.6) is 0 Å². The predicted octanol–water partition coefficient (Wildman–Crippen LogP) is 4.23. The molecule has 0 unspecified atom stereocenters. The predicted molar refractivity (Wildman–Crippen MR) is 84.4 cm³/mol. The van der Waals surface area contributed by atoms with Crippen LogP contribution >= 0.6 is 23.2 Å². The summed E-state index contributed by atoms with van der Waals surface area (Å²) in [5.74, 6) is 0.712. The minimum Gasteiger partial charge on any atom is -0.396 e. The average Bonchev–Trinajstić information content (AvgIpc) is 2.43. The number of carbonyl (C=O) groups is 1. The minimum atomic E-state index is -0.0478. The molecule has 0 saturated heterocycles. The van der Waals surface area contributed by atoms with Crippen LogP contribution in [-0.4, -0.2) is 23.9 Å². The van der Waals surface area contributed by atoms with Gasteiger partial charge in [0.2, 0.25) is 0 Å². The van der Waals surface area contributed by atoms with E-state index >= 15 is 0 Å². The molecule has 1 amide bonds. The number of nitrogens with zero attached hydrogens (tertiary/aromatic N) is 1. The number of nitrogens with two attached hydrogens (primary N) is 1. The summed E-state index contributed by atoms with van der Waals surface area (Å²) in [4.78, 5) is 14.3. The summed E-state index contributed by atoms with van der Waals surface area (Å²) in [6, 6.07) is 3.48. The molecule has 0 spiro atoms. The van der Waals surface area contributed by atoms with E-state index in [1.54, 1.807) is 12.1 Å². The van der Waals surface area contributed by atoms with Gasteiger partial charge in [-0.1, -0.05) is 30.1 Å². The van der Waals surface area contributed by atoms with Gasteiger partial charge in [0.05, 0.1) is 15.7 Å². The minimum absolute atomic E-state index is 0.0478. The van der Waals surface area contributed by atoms with Crippen LogP contribution in [0, 0.1) is 5.92 Å². The van der Waals surface area contributed by atoms with Crippen molar-refractivity contribution in [3.05, 3.63) is 27.7 Å². The second-order valence-corrected chi connectivity index (χ2v) is 6.50. The van der Waals surface area contributed by atoms with Gasteiger partial charge in [0.15, 0.2) is 0 Å². The maximum Gasteiger partial charge on any atom is 0.253 e. The summed E-state index contributed by atoms with van der Waals surface area (Å²) in [7, 11) is 1.85. The Labute approximate surface area is 130 Å². The van der Waals surface area contributed by atoms with Crippen molar-refractivity contribution in [2.24, 2.45) is 5.92 Å². The van der Waals surface area contributed by atoms with Gasteiger partial charge in [0.25, 0.3) is 5.91 Å². The van der Waals surface area contributed by atoms with Crippen LogP contribution in [-0.2, 0) is 0 Å². The Bertz CT molecular complexity index is 488. The van der Waals surface area contributed by atoms with Crippen LogP contribution in [0.25, 0.3) is 0 Å². The van der Waals surface area contributed by atoms with Crippen LogP contribution < -0.4 is 5.73 Å². The molecule has 0 radical (unpaired) electrons. The van der Waals surface area contributed by atoms with E-state index < -0.39 is 0 Å². The Morgan fingerprint density at radius 3 is 2.20 bits per heavy atom. The summed E-state index contributed by atoms with van der Waals surface area (Å²) in [5.41, 5.74) is 6.51. The van der Waals surface area contributed by atoms with E-state index in [4.69, 9.17) is 28.9 Å². The highest BCUT2D eigenvalue weighted by molar-refractivity contribution is 6.39. The van der Waals surface area contributed by atoms with Crippen LogP contribution in [0.2, 0.25) is 10.0 Å². The quantitative estimate of drug-likeness (QED) is 0.830. The molecule has 2 N–H and O–H groups in total. The molecule has 1 fully saturated rings. The summed E-state index contributed by atoms with van der Waals surface area (Å²) in [6.45, 7) is 2.26. The molecule has 1 saturated carbocycles. The van der Waals surface area contributed by atoms with E-state index in [1.807, 2.05) is 11.9 Å². The number of hydrogen-bond donors (Lipinski definition) is 1. The number of rotatable bonds is 2. The maximum atomic E-state index is 12.5. The largest absolute Gasteiger partial charge is 0.396 e. The van der Waals surface area contributed by atoms with E-state index in [9.17, 15) is 4.79 Å². The van der Waals surface area contributed by atoms with Gasteiger partial charge in [-0.2, -0.15) is 0 Å². The molecule has 0 aliphatic heterocycles. The smallest absolute Gasteiger partial charge is 0.253 e. The van der Waals surface area contributed by atoms with Crippen molar-refractivity contribution in [3.63, 3.8) is 0 Å². The number of benzene rings is 1. The van der Waals surface area contributed by atoms with Gasteiger partial charge in [0.1, 0.15) is 0 Å². The Hall–Kier alpha value is -0.930. The molecule has 0 atom stereocenters. The third-order valence-corrected chi connectivity index (χ3v) is 4.80. The lowest BCUT2D eigenvalue weighted by molar-refractivity contribution is 0.0679. The van der Waals surface area contributed by atoms with Crippen molar-refractivity contribution in [2.45, 2.75) is 38.6 Å². The third-order valence-electron chi connectivity index (χ3n) is 4.18. The van der Waals surface area contributed by atoms with Gasteiger partial charge in [-0.15, -0.1) is 0 Å². The molecular weight excluding hydrogens is 295 g/mol. The highest BCUT2D eigenvalue weighted by atomic mass is 35.5. The molecule has 1 aromatic rings. The molecule has 3 nitrogen and oxygen atoms in total. The molecule has 20 heavy (non-hydrogen) atoms. The lowest BCUT2D eigenvalue weighted by Crippen LogP contribution is -2.39. The summed E-state index contributed by atoms with van der Waals surface area (Å²) in [6.07, 6.45) is 4.46. The van der Waals surface area contributed by atoms with Crippen molar-refractivity contribution in [1.29, 1.82) is 0 Å². The SMILES string of the molecule is CC1CCC(N(C)C(=O)c2cc(Cl)c(N)c(Cl)c2)CC1. The Morgan fingerprint density at radius 2 is 1.70 bits per heavy atom. The van der Waals surface area contributed by atoms with Gasteiger partial charge < -0.3 is 10.6 Å². The van der Waals surface area contributed by atoms with E-state index in [0.29, 0.717) is 27.3 Å². The second kappa shape index (κ2) is 6.23. The number of halogens is 2. The summed E-state index contributed by atoms with van der Waals surface area (Å²) < 4.78 is 0. The molecule has 1 aliphatic rings. The van der Waals surface area contributed by atoms with Gasteiger partial charge in [0, 0.05) is 18.7 Å². The van der Waals surface area contributed by atoms with Crippen LogP contribution in [0.15, 0.2) is 12.1 Å². The zero-order valence-electron chi connectivity index (χ0n) is 11.8. The zero-order chi connectivity index (χ0) is 14.9. The standard InChI is InChI=1S/C15H20Cl2N2O/c1-9-3-5-11(6-4-9)19(2)15(20)10-7-12(16)14(18)13(17)8-10/h7-9,11H,3-6,18H2,1-2H3. The fourth-order valence-electron chi connectivity index (χ4n) is 2.71. The summed E-state index contributed by atoms with van der Waals surface area (Å²) in [5, 5.41) is 0.651. The van der Waals surface area contributed by atoms with Gasteiger partial charge in [-0.25, -0.2) is 0 Å². The molecule has 1 aliphatic carbocycles. The first kappa shape index (κ1) is 15.5. The van der Waals surface area contributed by atoms with E-state index in [-0.39, 0.29) is 5.91 Å². The van der Waals surface area contributed by atoms with Crippen LogP contribution in [0.4, 0.5) is 5.69 Å². The fraction of sp³-hybridized carbons (Fsp3) is 0.533. The first-order valence-electron chi connectivity index (χ1n) is 6.91. The number of amides is 1. The highest BCUT2D eigenvalue weighted by Gasteiger charge is 2.26. The summed E-state index contributed by atoms with van der Waals surface area (Å²) >= 11 is 12.0. The first-order valence-corrected chi connectivity index (χ1v) is 7.67. The zero-order valence-corrected chi connectivity index (χ0v) is 13.3. The third kappa shape index (κ3) is 3.21. The maximum absolute atomic E-state index is 12.5. The fourth-order valence-corrected chi connectivity index (χ4v) is 3.19. The molecule has 0 aromatic heterocycles. The van der Waals surface area contributed by atoms with E-state index in [1.165, 1.54) is 12.8 Å². The van der Waals surface area contributed by atoms with E-state index in [2.05, 4.69) is 6.92 Å². The van der Waals surface area contributed by atoms with Gasteiger partial charge in [-0.05, 0) is 43.7 Å². The highest BCUT2D eigenvalue weighted by Crippen LogP contribution is 2.31. The van der Waals surface area contributed by atoms with Crippen molar-refractivity contribution in [3.8, 4) is 0 Å². The molecule has 110 valence electrons. The van der Waals surface area contributed by atoms with Crippen molar-refractivity contribution < 1.29 is 4.79 Å². The lowest BCUT2D eigenvalue weighted by Gasteiger charge is -2.33. The van der Waals surface area contributed by atoms with Gasteiger partial charge >= 0.3 is 0 Å². The average molecular weight is 315 g/mol. The molecule has 1 aromatic carbocycles. The Morgan fingerprint density at radius 1 is 1.20 bits per heavy atom. The Kier molecular flexibility index (Phi) is 4.82. The first-order chi connectivity index (χ1) is 9.40. The van der Waals surface area contributed by atoms with Crippen LogP contribution in [0.3, 0.4) is 0 Å². The van der Waals surface area contributed by atoms with Crippen molar-refractivity contribution in [2.75, 3.05) is 12.8 Å². The van der Waals surface area contributed by atoms with Gasteiger partial charge in [-0.3, -0.25) is 4.79 Å². The normalized spacial score (nSPS) is 22.6. The topological polar surface area (TPSA) is 46.3 Å². The second-order valence-electron chi connectivity index (χ2n) is 5.68. The number of anilines is 1. The molecule has 5 heteroatoms. The molecular formula is C15H20Cl2N2O. The van der Waals surface area contributed by atoms with E-state index in [0.717, 1.165) is 18.8 Å².